The van der Waals surface area contributed by atoms with Crippen molar-refractivity contribution in [3.05, 3.63) is 46.9 Å². The van der Waals surface area contributed by atoms with Gasteiger partial charge in [-0.25, -0.2) is 4.39 Å². The van der Waals surface area contributed by atoms with Gasteiger partial charge >= 0.3 is 0 Å². The van der Waals surface area contributed by atoms with Gasteiger partial charge in [-0.15, -0.1) is 10.2 Å². The highest BCUT2D eigenvalue weighted by molar-refractivity contribution is 5.89. The molecule has 2 saturated heterocycles. The maximum atomic E-state index is 15.4. The van der Waals surface area contributed by atoms with Crippen molar-refractivity contribution in [2.24, 2.45) is 7.05 Å². The summed E-state index contributed by atoms with van der Waals surface area (Å²) < 4.78 is 17.0. The van der Waals surface area contributed by atoms with E-state index < -0.39 is 6.17 Å². The number of benzene rings is 1. The van der Waals surface area contributed by atoms with Crippen molar-refractivity contribution in [3.63, 3.8) is 0 Å². The van der Waals surface area contributed by atoms with E-state index in [1.807, 2.05) is 6.07 Å². The molecule has 8 heteroatoms. The van der Waals surface area contributed by atoms with Gasteiger partial charge in [0.1, 0.15) is 11.9 Å². The first-order valence-corrected chi connectivity index (χ1v) is 11.8. The highest BCUT2D eigenvalue weighted by Gasteiger charge is 2.46. The lowest BCUT2D eigenvalue weighted by atomic mass is 9.82. The molecule has 3 aromatic rings. The van der Waals surface area contributed by atoms with Crippen LogP contribution in [0.25, 0.3) is 22.0 Å². The third-order valence-electron chi connectivity index (χ3n) is 7.48. The standard InChI is InChI=1S/C25H28FN5O2/c1-30-10-9-14-11-22(32)18(13-17(14)25(30)33)19-7-8-23(29-28-19)31(16-5-6-16)21-12-15-3-2-4-20(27-15)24(21)26/h7-11,13,15-16,20-21,24,27,32H,2-6,12H2,1H3. The van der Waals surface area contributed by atoms with Gasteiger partial charge in [0.15, 0.2) is 5.82 Å². The third kappa shape index (κ3) is 3.57. The number of nitrogens with zero attached hydrogens (tertiary/aromatic N) is 4. The molecule has 2 aliphatic heterocycles. The van der Waals surface area contributed by atoms with E-state index in [4.69, 9.17) is 0 Å². The summed E-state index contributed by atoms with van der Waals surface area (Å²) in [7, 11) is 1.70. The van der Waals surface area contributed by atoms with Gasteiger partial charge in [0.05, 0.1) is 11.7 Å². The van der Waals surface area contributed by atoms with Crippen molar-refractivity contribution < 1.29 is 9.50 Å². The number of halogens is 1. The number of hydrogen-bond acceptors (Lipinski definition) is 6. The van der Waals surface area contributed by atoms with Gasteiger partial charge in [-0.1, -0.05) is 6.42 Å². The van der Waals surface area contributed by atoms with Gasteiger partial charge in [0.2, 0.25) is 0 Å². The van der Waals surface area contributed by atoms with Crippen LogP contribution in [0.5, 0.6) is 5.75 Å². The number of phenols is 1. The highest BCUT2D eigenvalue weighted by Crippen LogP contribution is 2.40. The summed E-state index contributed by atoms with van der Waals surface area (Å²) >= 11 is 0. The molecule has 0 spiro atoms. The van der Waals surface area contributed by atoms with E-state index in [1.165, 1.54) is 4.57 Å². The van der Waals surface area contributed by atoms with Crippen molar-refractivity contribution in [2.45, 2.75) is 68.9 Å². The number of aromatic hydroxyl groups is 1. The number of aromatic nitrogens is 3. The molecule has 33 heavy (non-hydrogen) atoms. The Kier molecular flexibility index (Phi) is 4.87. The molecule has 172 valence electrons. The zero-order valence-corrected chi connectivity index (χ0v) is 18.6. The lowest BCUT2D eigenvalue weighted by Gasteiger charge is -2.47. The first-order valence-electron chi connectivity index (χ1n) is 11.8. The monoisotopic (exact) mass is 449 g/mol. The zero-order chi connectivity index (χ0) is 22.7. The average Bonchev–Trinajstić information content (AvgIpc) is 3.66. The molecular weight excluding hydrogens is 421 g/mol. The number of fused-ring (bicyclic) bond motifs is 3. The van der Waals surface area contributed by atoms with Crippen molar-refractivity contribution in [2.75, 3.05) is 4.90 Å². The lowest BCUT2D eigenvalue weighted by molar-refractivity contribution is 0.104. The molecule has 1 aliphatic carbocycles. The number of hydrogen-bond donors (Lipinski definition) is 2. The van der Waals surface area contributed by atoms with Crippen molar-refractivity contribution in [1.29, 1.82) is 0 Å². The Bertz CT molecular complexity index is 1260. The summed E-state index contributed by atoms with van der Waals surface area (Å²) in [6.45, 7) is 0. The van der Waals surface area contributed by atoms with E-state index in [2.05, 4.69) is 20.4 Å². The summed E-state index contributed by atoms with van der Waals surface area (Å²) in [4.78, 5) is 14.7. The maximum absolute atomic E-state index is 15.4. The smallest absolute Gasteiger partial charge is 0.258 e. The molecule has 1 saturated carbocycles. The van der Waals surface area contributed by atoms with Crippen LogP contribution in [0.4, 0.5) is 10.2 Å². The first-order chi connectivity index (χ1) is 16.0. The average molecular weight is 450 g/mol. The Balaban J connectivity index is 1.34. The van der Waals surface area contributed by atoms with Crippen LogP contribution in [0.3, 0.4) is 0 Å². The second-order valence-corrected chi connectivity index (χ2v) is 9.75. The number of phenolic OH excluding ortho intramolecular Hbond substituents is 1. The fraction of sp³-hybridized carbons (Fsp3) is 0.480. The molecular formula is C25H28FN5O2. The lowest BCUT2D eigenvalue weighted by Crippen LogP contribution is -2.62. The number of aryl methyl sites for hydroxylation is 1. The highest BCUT2D eigenvalue weighted by atomic mass is 19.1. The van der Waals surface area contributed by atoms with Gasteiger partial charge in [-0.2, -0.15) is 0 Å². The van der Waals surface area contributed by atoms with Gasteiger partial charge in [0.25, 0.3) is 5.56 Å². The molecule has 2 bridgehead atoms. The van der Waals surface area contributed by atoms with Crippen LogP contribution in [0.2, 0.25) is 0 Å². The molecule has 0 amide bonds. The molecule has 6 rings (SSSR count). The maximum Gasteiger partial charge on any atom is 0.258 e. The quantitative estimate of drug-likeness (QED) is 0.636. The van der Waals surface area contributed by atoms with Crippen LogP contribution < -0.4 is 15.8 Å². The molecule has 4 heterocycles. The minimum absolute atomic E-state index is 0.0480. The van der Waals surface area contributed by atoms with Gasteiger partial charge in [0, 0.05) is 42.3 Å². The fourth-order valence-electron chi connectivity index (χ4n) is 5.62. The second-order valence-electron chi connectivity index (χ2n) is 9.75. The number of piperidine rings is 2. The Morgan fingerprint density at radius 2 is 2.00 bits per heavy atom. The van der Waals surface area contributed by atoms with E-state index in [9.17, 15) is 9.90 Å². The number of alkyl halides is 1. The number of nitrogens with one attached hydrogen (secondary N) is 1. The molecule has 0 radical (unpaired) electrons. The molecule has 7 nitrogen and oxygen atoms in total. The van der Waals surface area contributed by atoms with Crippen LogP contribution in [0.1, 0.15) is 38.5 Å². The fourth-order valence-corrected chi connectivity index (χ4v) is 5.62. The second kappa shape index (κ2) is 7.80. The predicted molar refractivity (Wildman–Crippen MR) is 125 cm³/mol. The van der Waals surface area contributed by atoms with Gasteiger partial charge in [-0.05, 0) is 67.8 Å². The van der Waals surface area contributed by atoms with Crippen LogP contribution in [-0.4, -0.2) is 50.2 Å². The Labute approximate surface area is 191 Å². The van der Waals surface area contributed by atoms with Crippen LogP contribution in [-0.2, 0) is 7.05 Å². The van der Waals surface area contributed by atoms with E-state index >= 15 is 4.39 Å². The van der Waals surface area contributed by atoms with E-state index in [1.54, 1.807) is 37.5 Å². The van der Waals surface area contributed by atoms with Crippen LogP contribution >= 0.6 is 0 Å². The molecule has 4 atom stereocenters. The SMILES string of the molecule is Cn1ccc2cc(O)c(-c3ccc(N(C4CC4)C4CC5CCCC(N5)C4F)nn3)cc2c1=O. The van der Waals surface area contributed by atoms with E-state index in [-0.39, 0.29) is 23.4 Å². The van der Waals surface area contributed by atoms with Crippen molar-refractivity contribution >= 4 is 16.6 Å². The summed E-state index contributed by atoms with van der Waals surface area (Å²) in [5, 5.41) is 24.1. The minimum atomic E-state index is -0.927. The minimum Gasteiger partial charge on any atom is -0.507 e. The Hall–Kier alpha value is -3.00. The molecule has 4 unspecified atom stereocenters. The predicted octanol–water partition coefficient (Wildman–Crippen LogP) is 3.29. The molecule has 3 fully saturated rings. The number of rotatable bonds is 4. The Morgan fingerprint density at radius 3 is 2.76 bits per heavy atom. The zero-order valence-electron chi connectivity index (χ0n) is 18.6. The third-order valence-corrected chi connectivity index (χ3v) is 7.48. The first kappa shape index (κ1) is 20.6. The number of anilines is 1. The summed E-state index contributed by atoms with van der Waals surface area (Å²) in [5.41, 5.74) is 0.810. The summed E-state index contributed by atoms with van der Waals surface area (Å²) in [6, 6.07) is 9.14. The van der Waals surface area contributed by atoms with Crippen LogP contribution in [0, 0.1) is 0 Å². The summed E-state index contributed by atoms with van der Waals surface area (Å²) in [6.07, 6.45) is 6.70. The molecule has 2 aromatic heterocycles. The molecule has 1 aromatic carbocycles. The number of pyridine rings is 1. The van der Waals surface area contributed by atoms with Crippen molar-refractivity contribution in [1.82, 2.24) is 20.1 Å². The normalized spacial score (nSPS) is 27.0. The largest absolute Gasteiger partial charge is 0.507 e. The Morgan fingerprint density at radius 1 is 1.15 bits per heavy atom. The van der Waals surface area contributed by atoms with Gasteiger partial charge < -0.3 is 19.9 Å². The van der Waals surface area contributed by atoms with Crippen LogP contribution in [0.15, 0.2) is 41.3 Å². The van der Waals surface area contributed by atoms with Crippen molar-refractivity contribution in [3.8, 4) is 17.0 Å². The van der Waals surface area contributed by atoms with Gasteiger partial charge in [-0.3, -0.25) is 4.79 Å². The molecule has 2 N–H and O–H groups in total. The van der Waals surface area contributed by atoms with E-state index in [0.29, 0.717) is 39.9 Å². The summed E-state index contributed by atoms with van der Waals surface area (Å²) in [5.74, 6) is 0.733. The topological polar surface area (TPSA) is 83.3 Å². The van der Waals surface area contributed by atoms with E-state index in [0.717, 1.165) is 38.5 Å². The molecule has 3 aliphatic rings.